The van der Waals surface area contributed by atoms with Crippen molar-refractivity contribution in [3.05, 3.63) is 11.5 Å². The number of ether oxygens (including phenoxy) is 3. The second kappa shape index (κ2) is 5.89. The molecule has 6 nitrogen and oxygen atoms in total. The van der Waals surface area contributed by atoms with Crippen molar-refractivity contribution in [3.8, 4) is 0 Å². The van der Waals surface area contributed by atoms with Gasteiger partial charge < -0.3 is 29.5 Å². The van der Waals surface area contributed by atoms with E-state index in [9.17, 15) is 15.3 Å². The van der Waals surface area contributed by atoms with Crippen LogP contribution in [0.1, 0.15) is 33.6 Å². The van der Waals surface area contributed by atoms with Gasteiger partial charge in [0.05, 0.1) is 6.61 Å². The molecule has 1 fully saturated rings. The molecule has 2 aliphatic rings. The molecule has 2 heterocycles. The first-order chi connectivity index (χ1) is 9.39. The molecule has 20 heavy (non-hydrogen) atoms. The van der Waals surface area contributed by atoms with Crippen LogP contribution >= 0.6 is 0 Å². The minimum absolute atomic E-state index is 0.0454. The van der Waals surface area contributed by atoms with E-state index >= 15 is 0 Å². The van der Waals surface area contributed by atoms with Gasteiger partial charge in [0, 0.05) is 12.3 Å². The number of hydrogen-bond acceptors (Lipinski definition) is 6. The second-order valence-electron chi connectivity index (χ2n) is 5.91. The third kappa shape index (κ3) is 2.93. The molecular weight excluding hydrogens is 264 g/mol. The highest BCUT2D eigenvalue weighted by molar-refractivity contribution is 5.11. The first-order valence-electron chi connectivity index (χ1n) is 7.05. The lowest BCUT2D eigenvalue weighted by Crippen LogP contribution is -2.44. The van der Waals surface area contributed by atoms with Crippen LogP contribution in [0.2, 0.25) is 0 Å². The van der Waals surface area contributed by atoms with Gasteiger partial charge in [-0.25, -0.2) is 0 Å². The van der Waals surface area contributed by atoms with Crippen molar-refractivity contribution in [2.24, 2.45) is 5.92 Å². The standard InChI is InChI=1S/C14H24O6/c1-4-8-7-18-13(12(8)17)19-9-5-11(16)14(2,3)20-10(9)6-15/h8,11-13,15-17H,4-7H2,1-3H3. The molecule has 2 rings (SSSR count). The van der Waals surface area contributed by atoms with Gasteiger partial charge in [0.2, 0.25) is 6.29 Å². The van der Waals surface area contributed by atoms with E-state index in [1.165, 1.54) is 0 Å². The van der Waals surface area contributed by atoms with Crippen LogP contribution in [0.15, 0.2) is 11.5 Å². The Morgan fingerprint density at radius 2 is 2.05 bits per heavy atom. The monoisotopic (exact) mass is 288 g/mol. The molecule has 0 aliphatic carbocycles. The van der Waals surface area contributed by atoms with Gasteiger partial charge in [-0.05, 0) is 20.3 Å². The lowest BCUT2D eigenvalue weighted by atomic mass is 9.94. The van der Waals surface area contributed by atoms with E-state index in [0.29, 0.717) is 12.4 Å². The fraction of sp³-hybridized carbons (Fsp3) is 0.857. The fourth-order valence-corrected chi connectivity index (χ4v) is 2.45. The van der Waals surface area contributed by atoms with Crippen molar-refractivity contribution in [2.45, 2.75) is 57.7 Å². The van der Waals surface area contributed by atoms with E-state index < -0.39 is 24.1 Å². The summed E-state index contributed by atoms with van der Waals surface area (Å²) < 4.78 is 16.6. The highest BCUT2D eigenvalue weighted by atomic mass is 16.7. The van der Waals surface area contributed by atoms with Crippen LogP contribution in [0.25, 0.3) is 0 Å². The third-order valence-electron chi connectivity index (χ3n) is 4.04. The van der Waals surface area contributed by atoms with Crippen LogP contribution in [0.3, 0.4) is 0 Å². The quantitative estimate of drug-likeness (QED) is 0.698. The molecule has 1 saturated heterocycles. The Morgan fingerprint density at radius 3 is 2.60 bits per heavy atom. The van der Waals surface area contributed by atoms with Crippen molar-refractivity contribution in [1.82, 2.24) is 0 Å². The van der Waals surface area contributed by atoms with Gasteiger partial charge in [-0.2, -0.15) is 0 Å². The Kier molecular flexibility index (Phi) is 4.59. The van der Waals surface area contributed by atoms with E-state index in [1.807, 2.05) is 6.92 Å². The van der Waals surface area contributed by atoms with Crippen LogP contribution in [-0.2, 0) is 14.2 Å². The summed E-state index contributed by atoms with van der Waals surface area (Å²) in [6.07, 6.45) is -1.19. The van der Waals surface area contributed by atoms with Gasteiger partial charge in [-0.3, -0.25) is 0 Å². The normalized spacial score (nSPS) is 36.9. The van der Waals surface area contributed by atoms with Gasteiger partial charge in [0.15, 0.2) is 5.76 Å². The van der Waals surface area contributed by atoms with Crippen molar-refractivity contribution >= 4 is 0 Å². The molecule has 0 aromatic carbocycles. The lowest BCUT2D eigenvalue weighted by Gasteiger charge is -2.38. The molecule has 4 atom stereocenters. The van der Waals surface area contributed by atoms with Crippen LogP contribution in [0.4, 0.5) is 0 Å². The van der Waals surface area contributed by atoms with E-state index in [-0.39, 0.29) is 24.7 Å². The molecule has 0 aromatic rings. The molecule has 6 heteroatoms. The first kappa shape index (κ1) is 15.6. The minimum atomic E-state index is -0.772. The first-order valence-corrected chi connectivity index (χ1v) is 7.05. The average molecular weight is 288 g/mol. The van der Waals surface area contributed by atoms with E-state index in [4.69, 9.17) is 14.2 Å². The summed E-state index contributed by atoms with van der Waals surface area (Å²) in [6.45, 7) is 5.61. The zero-order valence-corrected chi connectivity index (χ0v) is 12.2. The number of hydrogen-bond donors (Lipinski definition) is 3. The van der Waals surface area contributed by atoms with Crippen molar-refractivity contribution < 1.29 is 29.5 Å². The summed E-state index contributed by atoms with van der Waals surface area (Å²) in [5, 5.41) is 29.5. The van der Waals surface area contributed by atoms with Gasteiger partial charge in [0.25, 0.3) is 0 Å². The largest absolute Gasteiger partial charge is 0.484 e. The van der Waals surface area contributed by atoms with E-state index in [0.717, 1.165) is 6.42 Å². The molecular formula is C14H24O6. The molecule has 0 saturated carbocycles. The summed E-state index contributed by atoms with van der Waals surface area (Å²) in [5.74, 6) is 0.681. The zero-order valence-electron chi connectivity index (χ0n) is 12.2. The predicted octanol–water partition coefficient (Wildman–Crippen LogP) is 0.510. The minimum Gasteiger partial charge on any atom is -0.484 e. The Hall–Kier alpha value is -0.820. The van der Waals surface area contributed by atoms with Crippen LogP contribution < -0.4 is 0 Å². The maximum Gasteiger partial charge on any atom is 0.226 e. The van der Waals surface area contributed by atoms with Crippen LogP contribution in [0.5, 0.6) is 0 Å². The molecule has 0 amide bonds. The molecule has 0 aromatic heterocycles. The zero-order chi connectivity index (χ0) is 14.9. The van der Waals surface area contributed by atoms with Gasteiger partial charge in [-0.15, -0.1) is 0 Å². The van der Waals surface area contributed by atoms with Crippen LogP contribution in [-0.4, -0.2) is 52.6 Å². The van der Waals surface area contributed by atoms with Gasteiger partial charge >= 0.3 is 0 Å². The van der Waals surface area contributed by atoms with Crippen LogP contribution in [0, 0.1) is 5.92 Å². The summed E-state index contributed by atoms with van der Waals surface area (Å²) in [7, 11) is 0. The van der Waals surface area contributed by atoms with Crippen molar-refractivity contribution in [1.29, 1.82) is 0 Å². The number of aliphatic hydroxyl groups excluding tert-OH is 3. The molecule has 4 unspecified atom stereocenters. The summed E-state index contributed by atoms with van der Waals surface area (Å²) in [4.78, 5) is 0. The molecule has 0 bridgehead atoms. The Labute approximate surface area is 119 Å². The molecule has 0 spiro atoms. The summed E-state index contributed by atoms with van der Waals surface area (Å²) in [5.41, 5.74) is -0.772. The summed E-state index contributed by atoms with van der Waals surface area (Å²) in [6, 6.07) is 0. The average Bonchev–Trinajstić information content (AvgIpc) is 2.75. The fourth-order valence-electron chi connectivity index (χ4n) is 2.45. The second-order valence-corrected chi connectivity index (χ2v) is 5.91. The maximum atomic E-state index is 10.1. The Morgan fingerprint density at radius 1 is 1.35 bits per heavy atom. The molecule has 2 aliphatic heterocycles. The predicted molar refractivity (Wildman–Crippen MR) is 70.5 cm³/mol. The van der Waals surface area contributed by atoms with Gasteiger partial charge in [0.1, 0.15) is 30.2 Å². The Bertz CT molecular complexity index is 378. The molecule has 116 valence electrons. The lowest BCUT2D eigenvalue weighted by molar-refractivity contribution is -0.157. The number of rotatable bonds is 4. The van der Waals surface area contributed by atoms with E-state index in [1.54, 1.807) is 13.8 Å². The topological polar surface area (TPSA) is 88.4 Å². The Balaban J connectivity index is 2.09. The number of aliphatic hydroxyl groups is 3. The molecule has 0 radical (unpaired) electrons. The third-order valence-corrected chi connectivity index (χ3v) is 4.04. The smallest absolute Gasteiger partial charge is 0.226 e. The van der Waals surface area contributed by atoms with Gasteiger partial charge in [-0.1, -0.05) is 6.92 Å². The highest BCUT2D eigenvalue weighted by Gasteiger charge is 2.41. The summed E-state index contributed by atoms with van der Waals surface area (Å²) >= 11 is 0. The molecule has 3 N–H and O–H groups in total. The van der Waals surface area contributed by atoms with Crippen molar-refractivity contribution in [3.63, 3.8) is 0 Å². The highest BCUT2D eigenvalue weighted by Crippen LogP contribution is 2.34. The maximum absolute atomic E-state index is 10.1. The van der Waals surface area contributed by atoms with E-state index in [2.05, 4.69) is 0 Å². The van der Waals surface area contributed by atoms with Crippen molar-refractivity contribution in [2.75, 3.05) is 13.2 Å². The SMILES string of the molecule is CCC1COC(OC2=C(CO)OC(C)(C)C(O)C2)C1O.